The van der Waals surface area contributed by atoms with Gasteiger partial charge in [-0.3, -0.25) is 19.2 Å². The Morgan fingerprint density at radius 2 is 1.46 bits per heavy atom. The Hall–Kier alpha value is -2.38. The highest BCUT2D eigenvalue weighted by Gasteiger charge is 2.30. The summed E-state index contributed by atoms with van der Waals surface area (Å²) in [4.78, 5) is 58.3. The highest BCUT2D eigenvalue weighted by molar-refractivity contribution is 7.80. The van der Waals surface area contributed by atoms with E-state index in [9.17, 15) is 29.1 Å². The molecule has 9 N–H and O–H groups in total. The Balaban J connectivity index is 4.99. The molecule has 12 nitrogen and oxygen atoms in total. The number of carbonyl (C=O) groups is 5. The number of carbonyl (C=O) groups excluding carboxylic acids is 4. The minimum absolute atomic E-state index is 0.171. The van der Waals surface area contributed by atoms with Crippen molar-refractivity contribution in [1.82, 2.24) is 16.0 Å². The van der Waals surface area contributed by atoms with Crippen LogP contribution in [-0.4, -0.2) is 76.3 Å². The summed E-state index contributed by atoms with van der Waals surface area (Å²) in [5, 5.41) is 25.1. The largest absolute Gasteiger partial charge is 0.480 e. The number of nitrogens with one attached hydrogen (secondary N) is 3. The average molecular weight is 421 g/mol. The molecule has 0 heterocycles. The van der Waals surface area contributed by atoms with Crippen LogP contribution >= 0.6 is 12.6 Å². The summed E-state index contributed by atoms with van der Waals surface area (Å²) in [5.74, 6) is -5.26. The molecule has 0 aliphatic heterocycles. The van der Waals surface area contributed by atoms with Crippen LogP contribution < -0.4 is 27.4 Å². The number of nitrogens with two attached hydrogens (primary N) is 2. The molecule has 0 rings (SSSR count). The molecule has 0 bridgehead atoms. The number of aliphatic carboxylic acids is 1. The van der Waals surface area contributed by atoms with E-state index in [1.165, 1.54) is 0 Å². The van der Waals surface area contributed by atoms with Crippen LogP contribution in [0.2, 0.25) is 0 Å². The van der Waals surface area contributed by atoms with Gasteiger partial charge in [-0.2, -0.15) is 12.6 Å². The molecule has 0 aliphatic carbocycles. The van der Waals surface area contributed by atoms with Gasteiger partial charge in [0.2, 0.25) is 23.6 Å². The third kappa shape index (κ3) is 8.54. The molecule has 4 unspecified atom stereocenters. The van der Waals surface area contributed by atoms with Gasteiger partial charge in [-0.05, 0) is 5.92 Å². The molecule has 0 aromatic heterocycles. The summed E-state index contributed by atoms with van der Waals surface area (Å²) in [6.45, 7) is 2.38. The third-order valence-electron chi connectivity index (χ3n) is 3.62. The molecule has 13 heteroatoms. The van der Waals surface area contributed by atoms with Crippen molar-refractivity contribution < 1.29 is 34.2 Å². The Kier molecular flexibility index (Phi) is 11.1. The summed E-state index contributed by atoms with van der Waals surface area (Å²) in [6, 6.07) is -5.17. The number of primary amides is 1. The molecular weight excluding hydrogens is 394 g/mol. The topological polar surface area (TPSA) is 214 Å². The van der Waals surface area contributed by atoms with Crippen LogP contribution in [0.4, 0.5) is 0 Å². The van der Waals surface area contributed by atoms with E-state index in [0.717, 1.165) is 0 Å². The van der Waals surface area contributed by atoms with Crippen molar-refractivity contribution in [3.05, 3.63) is 0 Å². The monoisotopic (exact) mass is 421 g/mol. The number of rotatable bonds is 12. The first-order valence-corrected chi connectivity index (χ1v) is 8.97. The zero-order chi connectivity index (χ0) is 22.0. The second-order valence-corrected chi connectivity index (χ2v) is 6.70. The lowest BCUT2D eigenvalue weighted by atomic mass is 10.0. The number of carboxylic acid groups (broad SMARTS) is 1. The van der Waals surface area contributed by atoms with Crippen molar-refractivity contribution in [2.24, 2.45) is 17.4 Å². The van der Waals surface area contributed by atoms with Gasteiger partial charge >= 0.3 is 5.97 Å². The normalized spacial score (nSPS) is 15.1. The van der Waals surface area contributed by atoms with E-state index in [2.05, 4.69) is 28.6 Å². The van der Waals surface area contributed by atoms with Crippen molar-refractivity contribution in [2.45, 2.75) is 44.4 Å². The van der Waals surface area contributed by atoms with Gasteiger partial charge in [0.25, 0.3) is 0 Å². The molecule has 0 aromatic rings. The number of hydrogen-bond donors (Lipinski definition) is 8. The van der Waals surface area contributed by atoms with Gasteiger partial charge in [-0.15, -0.1) is 0 Å². The predicted molar refractivity (Wildman–Crippen MR) is 101 cm³/mol. The Bertz CT molecular complexity index is 601. The van der Waals surface area contributed by atoms with E-state index in [1.807, 2.05) is 0 Å². The Morgan fingerprint density at radius 3 is 1.86 bits per heavy atom. The zero-order valence-electron chi connectivity index (χ0n) is 15.5. The van der Waals surface area contributed by atoms with E-state index >= 15 is 0 Å². The molecule has 0 saturated carbocycles. The van der Waals surface area contributed by atoms with Gasteiger partial charge in [-0.25, -0.2) is 4.79 Å². The van der Waals surface area contributed by atoms with Crippen molar-refractivity contribution in [1.29, 1.82) is 0 Å². The molecule has 0 spiro atoms. The third-order valence-corrected chi connectivity index (χ3v) is 3.98. The lowest BCUT2D eigenvalue weighted by Crippen LogP contribution is -2.59. The van der Waals surface area contributed by atoms with Crippen LogP contribution in [0.3, 0.4) is 0 Å². The fourth-order valence-corrected chi connectivity index (χ4v) is 2.27. The molecule has 0 radical (unpaired) electrons. The van der Waals surface area contributed by atoms with E-state index in [0.29, 0.717) is 0 Å². The predicted octanol–water partition coefficient (Wildman–Crippen LogP) is -3.69. The van der Waals surface area contributed by atoms with Crippen molar-refractivity contribution in [3.63, 3.8) is 0 Å². The SMILES string of the molecule is CC(C)C(NC(=O)C(CS)NC(=O)C(CO)NC(=O)C(N)CC(N)=O)C(=O)O. The molecule has 0 aromatic carbocycles. The van der Waals surface area contributed by atoms with Gasteiger partial charge in [0.05, 0.1) is 19.1 Å². The highest BCUT2D eigenvalue weighted by atomic mass is 32.1. The summed E-state index contributed by atoms with van der Waals surface area (Å²) >= 11 is 3.95. The first-order valence-electron chi connectivity index (χ1n) is 8.34. The Morgan fingerprint density at radius 1 is 0.964 bits per heavy atom. The zero-order valence-corrected chi connectivity index (χ0v) is 16.4. The second kappa shape index (κ2) is 12.2. The van der Waals surface area contributed by atoms with Gasteiger partial charge in [-0.1, -0.05) is 13.8 Å². The van der Waals surface area contributed by atoms with Crippen LogP contribution in [0.15, 0.2) is 0 Å². The van der Waals surface area contributed by atoms with Crippen LogP contribution in [0.25, 0.3) is 0 Å². The number of thiol groups is 1. The lowest BCUT2D eigenvalue weighted by molar-refractivity contribution is -0.143. The summed E-state index contributed by atoms with van der Waals surface area (Å²) in [6.07, 6.45) is -0.459. The van der Waals surface area contributed by atoms with E-state index in [-0.39, 0.29) is 5.75 Å². The van der Waals surface area contributed by atoms with Gasteiger partial charge in [0.15, 0.2) is 0 Å². The molecule has 28 heavy (non-hydrogen) atoms. The fourth-order valence-electron chi connectivity index (χ4n) is 2.02. The molecular formula is C15H27N5O7S. The van der Waals surface area contributed by atoms with Crippen molar-refractivity contribution >= 4 is 42.2 Å². The number of hydrogen-bond acceptors (Lipinski definition) is 8. The number of aliphatic hydroxyl groups is 1. The smallest absolute Gasteiger partial charge is 0.326 e. The first kappa shape index (κ1) is 25.6. The van der Waals surface area contributed by atoms with Crippen LogP contribution in [0.1, 0.15) is 20.3 Å². The standard InChI is InChI=1S/C15H27N5O7S/c1-6(2)11(15(26)27)20-14(25)9(5-28)19-13(24)8(4-21)18-12(23)7(16)3-10(17)22/h6-9,11,21,28H,3-5,16H2,1-2H3,(H2,17,22)(H,18,23)(H,19,24)(H,20,25)(H,26,27). The summed E-state index contributed by atoms with van der Waals surface area (Å²) < 4.78 is 0. The van der Waals surface area contributed by atoms with Gasteiger partial charge < -0.3 is 37.6 Å². The first-order chi connectivity index (χ1) is 12.9. The van der Waals surface area contributed by atoms with Crippen LogP contribution in [0.5, 0.6) is 0 Å². The maximum absolute atomic E-state index is 12.2. The highest BCUT2D eigenvalue weighted by Crippen LogP contribution is 2.03. The van der Waals surface area contributed by atoms with E-state index in [1.54, 1.807) is 13.8 Å². The molecule has 0 aliphatic rings. The van der Waals surface area contributed by atoms with E-state index < -0.39 is 72.7 Å². The van der Waals surface area contributed by atoms with Crippen molar-refractivity contribution in [3.8, 4) is 0 Å². The molecule has 160 valence electrons. The van der Waals surface area contributed by atoms with Gasteiger partial charge in [0, 0.05) is 5.75 Å². The lowest BCUT2D eigenvalue weighted by Gasteiger charge is -2.24. The number of amides is 4. The maximum Gasteiger partial charge on any atom is 0.326 e. The number of aliphatic hydroxyl groups excluding tert-OH is 1. The van der Waals surface area contributed by atoms with Crippen molar-refractivity contribution in [2.75, 3.05) is 12.4 Å². The number of carboxylic acids is 1. The summed E-state index contributed by atoms with van der Waals surface area (Å²) in [5.41, 5.74) is 10.4. The van der Waals surface area contributed by atoms with Gasteiger partial charge in [0.1, 0.15) is 18.1 Å². The Labute approximate surface area is 167 Å². The molecule has 4 atom stereocenters. The quantitative estimate of drug-likeness (QED) is 0.146. The van der Waals surface area contributed by atoms with Crippen LogP contribution in [-0.2, 0) is 24.0 Å². The molecule has 4 amide bonds. The molecule has 0 fully saturated rings. The summed E-state index contributed by atoms with van der Waals surface area (Å²) in [7, 11) is 0. The second-order valence-electron chi connectivity index (χ2n) is 6.33. The van der Waals surface area contributed by atoms with Crippen LogP contribution in [0, 0.1) is 5.92 Å². The minimum atomic E-state index is -1.46. The average Bonchev–Trinajstić information content (AvgIpc) is 2.59. The fraction of sp³-hybridized carbons (Fsp3) is 0.667. The minimum Gasteiger partial charge on any atom is -0.480 e. The molecule has 0 saturated heterocycles. The van der Waals surface area contributed by atoms with E-state index in [4.69, 9.17) is 16.6 Å². The maximum atomic E-state index is 12.2.